The molecule has 16 heavy (non-hydrogen) atoms. The van der Waals surface area contributed by atoms with Gasteiger partial charge in [-0.2, -0.15) is 0 Å². The maximum Gasteiger partial charge on any atom is 0.302 e. The van der Waals surface area contributed by atoms with Crippen molar-refractivity contribution >= 4 is 5.97 Å². The minimum Gasteiger partial charge on any atom is -0.466 e. The number of carbonyl (C=O) groups is 1. The summed E-state index contributed by atoms with van der Waals surface area (Å²) in [6.45, 7) is 11.0. The van der Waals surface area contributed by atoms with E-state index in [-0.39, 0.29) is 5.97 Å². The second kappa shape index (κ2) is 5.03. The fraction of sp³-hybridized carbons (Fsp3) is 0.786. The van der Waals surface area contributed by atoms with Crippen LogP contribution in [-0.2, 0) is 9.53 Å². The van der Waals surface area contributed by atoms with Crippen molar-refractivity contribution in [1.29, 1.82) is 0 Å². The molecule has 2 nitrogen and oxygen atoms in total. The predicted molar refractivity (Wildman–Crippen MR) is 66.1 cm³/mol. The Balaban J connectivity index is 2.41. The summed E-state index contributed by atoms with van der Waals surface area (Å²) in [4.78, 5) is 10.7. The highest BCUT2D eigenvalue weighted by Crippen LogP contribution is 2.55. The van der Waals surface area contributed by atoms with Crippen LogP contribution in [0.3, 0.4) is 0 Å². The van der Waals surface area contributed by atoms with Gasteiger partial charge < -0.3 is 4.74 Å². The zero-order valence-corrected chi connectivity index (χ0v) is 11.2. The van der Waals surface area contributed by atoms with Crippen molar-refractivity contribution in [3.63, 3.8) is 0 Å². The molecule has 92 valence electrons. The van der Waals surface area contributed by atoms with Crippen LogP contribution in [0.2, 0.25) is 0 Å². The van der Waals surface area contributed by atoms with Crippen molar-refractivity contribution in [3.05, 3.63) is 11.6 Å². The van der Waals surface area contributed by atoms with Crippen LogP contribution in [0.1, 0.15) is 47.5 Å². The van der Waals surface area contributed by atoms with Gasteiger partial charge in [-0.05, 0) is 43.9 Å². The normalized spacial score (nSPS) is 28.4. The highest BCUT2D eigenvalue weighted by molar-refractivity contribution is 5.65. The molecule has 1 rings (SSSR count). The standard InChI is InChI=1S/C14H24O2/c1-6-10(2)13-9-12(14(13,4)5)7-8-16-11(3)15/h6,12-13H,7-9H2,1-5H3/b10-6+/t12-,13-/m1/s1. The molecule has 2 atom stereocenters. The molecule has 0 aromatic carbocycles. The van der Waals surface area contributed by atoms with Gasteiger partial charge in [0.15, 0.2) is 0 Å². The summed E-state index contributed by atoms with van der Waals surface area (Å²) in [5.74, 6) is 1.23. The summed E-state index contributed by atoms with van der Waals surface area (Å²) in [7, 11) is 0. The number of ether oxygens (including phenoxy) is 1. The monoisotopic (exact) mass is 224 g/mol. The van der Waals surface area contributed by atoms with E-state index in [9.17, 15) is 4.79 Å². The lowest BCUT2D eigenvalue weighted by atomic mass is 9.52. The van der Waals surface area contributed by atoms with Crippen molar-refractivity contribution in [3.8, 4) is 0 Å². The van der Waals surface area contributed by atoms with Crippen molar-refractivity contribution in [1.82, 2.24) is 0 Å². The first kappa shape index (κ1) is 13.3. The minimum absolute atomic E-state index is 0.168. The van der Waals surface area contributed by atoms with Gasteiger partial charge in [-0.25, -0.2) is 0 Å². The second-order valence-corrected chi connectivity index (χ2v) is 5.47. The Hall–Kier alpha value is -0.790. The molecule has 1 fully saturated rings. The molecule has 0 N–H and O–H groups in total. The zero-order chi connectivity index (χ0) is 12.3. The fourth-order valence-electron chi connectivity index (χ4n) is 2.82. The number of hydrogen-bond donors (Lipinski definition) is 0. The molecule has 0 amide bonds. The fourth-order valence-corrected chi connectivity index (χ4v) is 2.82. The second-order valence-electron chi connectivity index (χ2n) is 5.47. The van der Waals surface area contributed by atoms with Gasteiger partial charge in [-0.3, -0.25) is 4.79 Å². The van der Waals surface area contributed by atoms with Crippen molar-refractivity contribution in [2.75, 3.05) is 6.61 Å². The molecular weight excluding hydrogens is 200 g/mol. The lowest BCUT2D eigenvalue weighted by Gasteiger charge is -2.53. The van der Waals surface area contributed by atoms with Crippen LogP contribution < -0.4 is 0 Å². The van der Waals surface area contributed by atoms with E-state index in [2.05, 4.69) is 33.8 Å². The summed E-state index contributed by atoms with van der Waals surface area (Å²) >= 11 is 0. The topological polar surface area (TPSA) is 26.3 Å². The molecule has 1 aliphatic rings. The average Bonchev–Trinajstić information content (AvgIpc) is 2.21. The summed E-state index contributed by atoms with van der Waals surface area (Å²) < 4.78 is 5.01. The highest BCUT2D eigenvalue weighted by atomic mass is 16.5. The molecule has 0 spiro atoms. The zero-order valence-electron chi connectivity index (χ0n) is 11.2. The van der Waals surface area contributed by atoms with E-state index in [4.69, 9.17) is 4.74 Å². The average molecular weight is 224 g/mol. The quantitative estimate of drug-likeness (QED) is 0.539. The molecule has 0 aromatic rings. The first-order chi connectivity index (χ1) is 7.39. The number of hydrogen-bond acceptors (Lipinski definition) is 2. The molecule has 2 heteroatoms. The van der Waals surface area contributed by atoms with Gasteiger partial charge in [-0.1, -0.05) is 25.5 Å². The van der Waals surface area contributed by atoms with Crippen LogP contribution in [0.5, 0.6) is 0 Å². The smallest absolute Gasteiger partial charge is 0.302 e. The Kier molecular flexibility index (Phi) is 4.17. The Bertz CT molecular complexity index is 289. The summed E-state index contributed by atoms with van der Waals surface area (Å²) in [6.07, 6.45) is 4.46. The van der Waals surface area contributed by atoms with E-state index in [1.54, 1.807) is 0 Å². The van der Waals surface area contributed by atoms with Gasteiger partial charge >= 0.3 is 5.97 Å². The molecule has 0 unspecified atom stereocenters. The van der Waals surface area contributed by atoms with Crippen LogP contribution in [-0.4, -0.2) is 12.6 Å². The number of allylic oxidation sites excluding steroid dienone is 2. The maximum absolute atomic E-state index is 10.7. The Labute approximate surface area is 99.1 Å². The Morgan fingerprint density at radius 3 is 2.50 bits per heavy atom. The Morgan fingerprint density at radius 2 is 2.06 bits per heavy atom. The van der Waals surface area contributed by atoms with E-state index in [0.29, 0.717) is 23.9 Å². The van der Waals surface area contributed by atoms with Gasteiger partial charge in [0.2, 0.25) is 0 Å². The minimum atomic E-state index is -0.168. The first-order valence-corrected chi connectivity index (χ1v) is 6.15. The number of rotatable bonds is 4. The van der Waals surface area contributed by atoms with Crippen molar-refractivity contribution in [2.24, 2.45) is 17.3 Å². The molecule has 1 saturated carbocycles. The molecule has 0 heterocycles. The van der Waals surface area contributed by atoms with Crippen molar-refractivity contribution < 1.29 is 9.53 Å². The highest BCUT2D eigenvalue weighted by Gasteiger charge is 2.47. The summed E-state index contributed by atoms with van der Waals surface area (Å²) in [6, 6.07) is 0. The largest absolute Gasteiger partial charge is 0.466 e. The molecule has 0 bridgehead atoms. The van der Waals surface area contributed by atoms with E-state index >= 15 is 0 Å². The molecule has 0 radical (unpaired) electrons. The SMILES string of the molecule is C/C=C(\C)[C@H]1C[C@@H](CCOC(C)=O)C1(C)C. The van der Waals surface area contributed by atoms with Crippen molar-refractivity contribution in [2.45, 2.75) is 47.5 Å². The predicted octanol–water partition coefficient (Wildman–Crippen LogP) is 3.57. The summed E-state index contributed by atoms with van der Waals surface area (Å²) in [5.41, 5.74) is 1.85. The third kappa shape index (κ3) is 2.66. The molecule has 0 aliphatic heterocycles. The first-order valence-electron chi connectivity index (χ1n) is 6.15. The van der Waals surface area contributed by atoms with Gasteiger partial charge in [0.25, 0.3) is 0 Å². The van der Waals surface area contributed by atoms with Gasteiger partial charge in [-0.15, -0.1) is 0 Å². The molecule has 0 aromatic heterocycles. The maximum atomic E-state index is 10.7. The van der Waals surface area contributed by atoms with Crippen LogP contribution in [0.25, 0.3) is 0 Å². The molecule has 1 aliphatic carbocycles. The lowest BCUT2D eigenvalue weighted by Crippen LogP contribution is -2.45. The molecule has 0 saturated heterocycles. The third-order valence-corrected chi connectivity index (χ3v) is 4.25. The summed E-state index contributed by atoms with van der Waals surface area (Å²) in [5, 5.41) is 0. The third-order valence-electron chi connectivity index (χ3n) is 4.25. The van der Waals surface area contributed by atoms with E-state index < -0.39 is 0 Å². The van der Waals surface area contributed by atoms with Gasteiger partial charge in [0.1, 0.15) is 0 Å². The van der Waals surface area contributed by atoms with Crippen LogP contribution in [0.15, 0.2) is 11.6 Å². The Morgan fingerprint density at radius 1 is 1.44 bits per heavy atom. The van der Waals surface area contributed by atoms with Crippen LogP contribution >= 0.6 is 0 Å². The van der Waals surface area contributed by atoms with Crippen LogP contribution in [0, 0.1) is 17.3 Å². The van der Waals surface area contributed by atoms with Gasteiger partial charge in [0, 0.05) is 6.92 Å². The van der Waals surface area contributed by atoms with Crippen LogP contribution in [0.4, 0.5) is 0 Å². The van der Waals surface area contributed by atoms with E-state index in [1.165, 1.54) is 18.9 Å². The van der Waals surface area contributed by atoms with E-state index in [1.807, 2.05) is 0 Å². The van der Waals surface area contributed by atoms with Gasteiger partial charge in [0.05, 0.1) is 6.61 Å². The van der Waals surface area contributed by atoms with E-state index in [0.717, 1.165) is 6.42 Å². The number of carbonyl (C=O) groups excluding carboxylic acids is 1. The number of esters is 1. The molecular formula is C14H24O2. The lowest BCUT2D eigenvalue weighted by molar-refractivity contribution is -0.142.